The fourth-order valence-corrected chi connectivity index (χ4v) is 1.83. The molecule has 2 rings (SSSR count). The van der Waals surface area contributed by atoms with Crippen molar-refractivity contribution in [2.24, 2.45) is 0 Å². The highest BCUT2D eigenvalue weighted by Gasteiger charge is 2.15. The van der Waals surface area contributed by atoms with Crippen molar-refractivity contribution in [2.45, 2.75) is 13.0 Å². The van der Waals surface area contributed by atoms with Crippen LogP contribution in [0.4, 0.5) is 0 Å². The molecule has 18 heavy (non-hydrogen) atoms. The van der Waals surface area contributed by atoms with Crippen molar-refractivity contribution in [1.82, 2.24) is 4.98 Å². The summed E-state index contributed by atoms with van der Waals surface area (Å²) in [6.07, 6.45) is 1.66. The van der Waals surface area contributed by atoms with Crippen LogP contribution in [0.5, 0.6) is 5.75 Å². The minimum atomic E-state index is -0.123. The van der Waals surface area contributed by atoms with Gasteiger partial charge in [-0.05, 0) is 36.8 Å². The summed E-state index contributed by atoms with van der Waals surface area (Å²) in [7, 11) is 1.66. The minimum Gasteiger partial charge on any atom is -0.497 e. The van der Waals surface area contributed by atoms with E-state index in [4.69, 9.17) is 9.47 Å². The number of nitrogens with zero attached hydrogens (tertiary/aromatic N) is 1. The second-order valence-electron chi connectivity index (χ2n) is 3.86. The van der Waals surface area contributed by atoms with Gasteiger partial charge in [0.1, 0.15) is 11.9 Å². The van der Waals surface area contributed by atoms with Crippen molar-refractivity contribution in [3.63, 3.8) is 0 Å². The lowest BCUT2D eigenvalue weighted by molar-refractivity contribution is 0.0883. The average Bonchev–Trinajstić information content (AvgIpc) is 2.46. The van der Waals surface area contributed by atoms with Gasteiger partial charge in [-0.15, -0.1) is 0 Å². The molecular formula is C15H17NO2. The molecule has 0 aliphatic rings. The Bertz CT molecular complexity index is 468. The summed E-state index contributed by atoms with van der Waals surface area (Å²) in [4.78, 5) is 4.36. The Hall–Kier alpha value is -1.87. The molecule has 0 aliphatic heterocycles. The highest BCUT2D eigenvalue weighted by molar-refractivity contribution is 5.32. The van der Waals surface area contributed by atoms with E-state index in [2.05, 4.69) is 4.98 Å². The van der Waals surface area contributed by atoms with Crippen LogP contribution in [0.2, 0.25) is 0 Å². The zero-order valence-corrected chi connectivity index (χ0v) is 10.7. The molecule has 0 bridgehead atoms. The van der Waals surface area contributed by atoms with E-state index in [-0.39, 0.29) is 6.10 Å². The first-order chi connectivity index (χ1) is 8.85. The summed E-state index contributed by atoms with van der Waals surface area (Å²) in [5.74, 6) is 0.843. The normalized spacial score (nSPS) is 12.1. The monoisotopic (exact) mass is 243 g/mol. The van der Waals surface area contributed by atoms with Gasteiger partial charge in [-0.2, -0.15) is 0 Å². The SMILES string of the molecule is CCOC(c1ccc(OC)cc1)c1ccccn1. The summed E-state index contributed by atoms with van der Waals surface area (Å²) in [6, 6.07) is 13.7. The average molecular weight is 243 g/mol. The third kappa shape index (κ3) is 2.87. The van der Waals surface area contributed by atoms with E-state index in [0.717, 1.165) is 17.0 Å². The van der Waals surface area contributed by atoms with Crippen molar-refractivity contribution >= 4 is 0 Å². The standard InChI is InChI=1S/C15H17NO2/c1-3-18-15(14-6-4-5-11-16-14)12-7-9-13(17-2)10-8-12/h4-11,15H,3H2,1-2H3. The molecule has 0 radical (unpaired) electrons. The fraction of sp³-hybridized carbons (Fsp3) is 0.267. The van der Waals surface area contributed by atoms with E-state index in [9.17, 15) is 0 Å². The van der Waals surface area contributed by atoms with Crippen LogP contribution in [0.1, 0.15) is 24.3 Å². The molecular weight excluding hydrogens is 226 g/mol. The van der Waals surface area contributed by atoms with Gasteiger partial charge in [-0.1, -0.05) is 18.2 Å². The lowest BCUT2D eigenvalue weighted by atomic mass is 10.1. The zero-order valence-electron chi connectivity index (χ0n) is 10.7. The van der Waals surface area contributed by atoms with Crippen LogP contribution in [-0.2, 0) is 4.74 Å². The summed E-state index contributed by atoms with van der Waals surface area (Å²) in [5, 5.41) is 0. The smallest absolute Gasteiger partial charge is 0.124 e. The number of benzene rings is 1. The first kappa shape index (κ1) is 12.6. The Labute approximate surface area is 107 Å². The van der Waals surface area contributed by atoms with Gasteiger partial charge in [0, 0.05) is 12.8 Å². The second-order valence-corrected chi connectivity index (χ2v) is 3.86. The molecule has 1 aromatic heterocycles. The van der Waals surface area contributed by atoms with E-state index < -0.39 is 0 Å². The summed E-state index contributed by atoms with van der Waals surface area (Å²) in [5.41, 5.74) is 2.00. The number of rotatable bonds is 5. The Balaban J connectivity index is 2.29. The van der Waals surface area contributed by atoms with E-state index in [1.165, 1.54) is 0 Å². The lowest BCUT2D eigenvalue weighted by Gasteiger charge is -2.17. The first-order valence-electron chi connectivity index (χ1n) is 6.01. The molecule has 0 amide bonds. The minimum absolute atomic E-state index is 0.123. The Kier molecular flexibility index (Phi) is 4.31. The largest absolute Gasteiger partial charge is 0.497 e. The van der Waals surface area contributed by atoms with Crippen molar-refractivity contribution in [2.75, 3.05) is 13.7 Å². The fourth-order valence-electron chi connectivity index (χ4n) is 1.83. The van der Waals surface area contributed by atoms with Gasteiger partial charge in [0.2, 0.25) is 0 Å². The number of methoxy groups -OCH3 is 1. The molecule has 94 valence electrons. The number of ether oxygens (including phenoxy) is 2. The van der Waals surface area contributed by atoms with Gasteiger partial charge < -0.3 is 9.47 Å². The summed E-state index contributed by atoms with van der Waals surface area (Å²) >= 11 is 0. The van der Waals surface area contributed by atoms with Gasteiger partial charge in [0.15, 0.2) is 0 Å². The zero-order chi connectivity index (χ0) is 12.8. The van der Waals surface area contributed by atoms with Crippen molar-refractivity contribution in [3.05, 3.63) is 59.9 Å². The first-order valence-corrected chi connectivity index (χ1v) is 6.01. The number of hydrogen-bond donors (Lipinski definition) is 0. The predicted molar refractivity (Wildman–Crippen MR) is 70.7 cm³/mol. The van der Waals surface area contributed by atoms with Gasteiger partial charge in [-0.3, -0.25) is 4.98 Å². The van der Waals surface area contributed by atoms with E-state index in [0.29, 0.717) is 6.61 Å². The van der Waals surface area contributed by atoms with Gasteiger partial charge >= 0.3 is 0 Å². The van der Waals surface area contributed by atoms with Crippen LogP contribution in [0.15, 0.2) is 48.7 Å². The molecule has 1 aromatic carbocycles. The van der Waals surface area contributed by atoms with Crippen molar-refractivity contribution in [1.29, 1.82) is 0 Å². The Morgan fingerprint density at radius 2 is 1.89 bits per heavy atom. The summed E-state index contributed by atoms with van der Waals surface area (Å²) in [6.45, 7) is 2.63. The van der Waals surface area contributed by atoms with Gasteiger partial charge in [-0.25, -0.2) is 0 Å². The molecule has 0 aliphatic carbocycles. The molecule has 3 heteroatoms. The van der Waals surface area contributed by atoms with Gasteiger partial charge in [0.05, 0.1) is 12.8 Å². The Morgan fingerprint density at radius 3 is 2.44 bits per heavy atom. The van der Waals surface area contributed by atoms with E-state index >= 15 is 0 Å². The highest BCUT2D eigenvalue weighted by Crippen LogP contribution is 2.25. The maximum Gasteiger partial charge on any atom is 0.124 e. The number of pyridine rings is 1. The third-order valence-corrected chi connectivity index (χ3v) is 2.71. The Morgan fingerprint density at radius 1 is 1.11 bits per heavy atom. The predicted octanol–water partition coefficient (Wildman–Crippen LogP) is 3.22. The van der Waals surface area contributed by atoms with Gasteiger partial charge in [0.25, 0.3) is 0 Å². The van der Waals surface area contributed by atoms with Crippen LogP contribution in [0, 0.1) is 0 Å². The molecule has 3 nitrogen and oxygen atoms in total. The molecule has 2 aromatic rings. The molecule has 0 spiro atoms. The lowest BCUT2D eigenvalue weighted by Crippen LogP contribution is -2.07. The van der Waals surface area contributed by atoms with Crippen LogP contribution >= 0.6 is 0 Å². The summed E-state index contributed by atoms with van der Waals surface area (Å²) < 4.78 is 10.9. The molecule has 1 unspecified atom stereocenters. The van der Waals surface area contributed by atoms with E-state index in [1.807, 2.05) is 49.4 Å². The van der Waals surface area contributed by atoms with Crippen molar-refractivity contribution in [3.8, 4) is 5.75 Å². The molecule has 0 saturated carbocycles. The van der Waals surface area contributed by atoms with Crippen LogP contribution in [-0.4, -0.2) is 18.7 Å². The van der Waals surface area contributed by atoms with Crippen LogP contribution in [0.25, 0.3) is 0 Å². The maximum absolute atomic E-state index is 5.78. The quantitative estimate of drug-likeness (QED) is 0.808. The number of aromatic nitrogens is 1. The van der Waals surface area contributed by atoms with Crippen LogP contribution < -0.4 is 4.74 Å². The molecule has 1 atom stereocenters. The van der Waals surface area contributed by atoms with Crippen molar-refractivity contribution < 1.29 is 9.47 Å². The van der Waals surface area contributed by atoms with Crippen LogP contribution in [0.3, 0.4) is 0 Å². The second kappa shape index (κ2) is 6.17. The van der Waals surface area contributed by atoms with E-state index in [1.54, 1.807) is 13.3 Å². The maximum atomic E-state index is 5.78. The highest BCUT2D eigenvalue weighted by atomic mass is 16.5. The molecule has 0 fully saturated rings. The topological polar surface area (TPSA) is 31.4 Å². The third-order valence-electron chi connectivity index (χ3n) is 2.71. The molecule has 1 heterocycles. The number of hydrogen-bond acceptors (Lipinski definition) is 3. The molecule has 0 saturated heterocycles. The molecule has 0 N–H and O–H groups in total.